The van der Waals surface area contributed by atoms with Crippen LogP contribution in [-0.4, -0.2) is 5.75 Å². The maximum atomic E-state index is 8.68. The predicted octanol–water partition coefficient (Wildman–Crippen LogP) is 3.27. The van der Waals surface area contributed by atoms with Crippen LogP contribution in [0.2, 0.25) is 0 Å². The monoisotopic (exact) mass is 289 g/mol. The number of thioether (sulfide) groups is 1. The van der Waals surface area contributed by atoms with Crippen molar-refractivity contribution in [2.75, 3.05) is 5.75 Å². The molecule has 1 aromatic carbocycles. The molecule has 0 saturated carbocycles. The van der Waals surface area contributed by atoms with E-state index in [4.69, 9.17) is 5.26 Å². The molecular weight excluding hydrogens is 281 g/mol. The number of hydrogen-bond donors (Lipinski definition) is 0. The lowest BCUT2D eigenvalue weighted by molar-refractivity contribution is 1.37. The number of benzene rings is 1. The maximum Gasteiger partial charge on any atom is 0.100 e. The largest absolute Gasteiger partial charge is 0.192 e. The summed E-state index contributed by atoms with van der Waals surface area (Å²) in [4.78, 5) is 1.24. The molecule has 0 heterocycles. The number of hydrogen-bond acceptors (Lipinski definition) is 2. The van der Waals surface area contributed by atoms with Crippen LogP contribution in [0.5, 0.6) is 0 Å². The number of halogens is 1. The Morgan fingerprint density at radius 1 is 1.58 bits per heavy atom. The molecule has 0 aromatic heterocycles. The van der Waals surface area contributed by atoms with Gasteiger partial charge in [0.25, 0.3) is 0 Å². The molecule has 0 spiro atoms. The minimum Gasteiger partial charge on any atom is -0.192 e. The molecule has 1 rings (SSSR count). The molecule has 0 bridgehead atoms. The van der Waals surface area contributed by atoms with E-state index in [1.165, 1.54) is 4.90 Å². The van der Waals surface area contributed by atoms with Crippen LogP contribution in [0, 0.1) is 14.9 Å². The van der Waals surface area contributed by atoms with Crippen LogP contribution in [0.3, 0.4) is 0 Å². The second-order valence-corrected chi connectivity index (χ2v) is 4.69. The van der Waals surface area contributed by atoms with Crippen molar-refractivity contribution in [1.29, 1.82) is 5.26 Å². The summed E-state index contributed by atoms with van der Waals surface area (Å²) in [6.45, 7) is 2.12. The molecule has 0 fully saturated rings. The van der Waals surface area contributed by atoms with Gasteiger partial charge in [0.15, 0.2) is 0 Å². The van der Waals surface area contributed by atoms with Crippen LogP contribution < -0.4 is 0 Å². The van der Waals surface area contributed by atoms with E-state index in [1.807, 2.05) is 18.2 Å². The molecule has 0 aliphatic rings. The van der Waals surface area contributed by atoms with Gasteiger partial charge in [0.1, 0.15) is 6.07 Å². The molecule has 0 aliphatic carbocycles. The van der Waals surface area contributed by atoms with Gasteiger partial charge in [-0.15, -0.1) is 11.8 Å². The van der Waals surface area contributed by atoms with Crippen molar-refractivity contribution in [2.24, 2.45) is 0 Å². The summed E-state index contributed by atoms with van der Waals surface area (Å²) < 4.78 is 1.04. The highest BCUT2D eigenvalue weighted by Crippen LogP contribution is 2.21. The normalized spacial score (nSPS) is 9.42. The minimum absolute atomic E-state index is 0.760. The summed E-state index contributed by atoms with van der Waals surface area (Å²) in [6.07, 6.45) is 0. The summed E-state index contributed by atoms with van der Waals surface area (Å²) in [5.74, 6) is 1.07. The Labute approximate surface area is 90.3 Å². The van der Waals surface area contributed by atoms with Crippen molar-refractivity contribution in [3.8, 4) is 6.07 Å². The third-order valence-electron chi connectivity index (χ3n) is 1.37. The number of rotatable bonds is 2. The lowest BCUT2D eigenvalue weighted by Gasteiger charge is -1.99. The molecule has 0 amide bonds. The second kappa shape index (κ2) is 4.73. The number of nitriles is 1. The second-order valence-electron chi connectivity index (χ2n) is 2.19. The Balaban J connectivity index is 2.96. The van der Waals surface area contributed by atoms with E-state index < -0.39 is 0 Å². The van der Waals surface area contributed by atoms with E-state index in [-0.39, 0.29) is 0 Å². The fraction of sp³-hybridized carbons (Fsp3) is 0.222. The standard InChI is InChI=1S/C9H8INS/c1-2-12-8-4-3-7(6-11)9(10)5-8/h3-5H,2H2,1H3. The lowest BCUT2D eigenvalue weighted by Crippen LogP contribution is -1.82. The molecule has 62 valence electrons. The molecular formula is C9H8INS. The Morgan fingerprint density at radius 2 is 2.33 bits per heavy atom. The summed E-state index contributed by atoms with van der Waals surface area (Å²) >= 11 is 3.98. The molecule has 0 aliphatic heterocycles. The first kappa shape index (κ1) is 9.87. The van der Waals surface area contributed by atoms with Crippen LogP contribution in [0.1, 0.15) is 12.5 Å². The van der Waals surface area contributed by atoms with E-state index in [1.54, 1.807) is 11.8 Å². The van der Waals surface area contributed by atoms with Crippen molar-refractivity contribution >= 4 is 34.4 Å². The van der Waals surface area contributed by atoms with Crippen molar-refractivity contribution < 1.29 is 0 Å². The van der Waals surface area contributed by atoms with Crippen LogP contribution in [0.4, 0.5) is 0 Å². The minimum atomic E-state index is 0.760. The Morgan fingerprint density at radius 3 is 2.83 bits per heavy atom. The van der Waals surface area contributed by atoms with Crippen LogP contribution in [0.25, 0.3) is 0 Å². The average Bonchev–Trinajstić information content (AvgIpc) is 2.05. The average molecular weight is 289 g/mol. The van der Waals surface area contributed by atoms with Gasteiger partial charge in [-0.3, -0.25) is 0 Å². The molecule has 1 aromatic rings. The summed E-state index contributed by atoms with van der Waals surface area (Å²) in [5.41, 5.74) is 0.760. The fourth-order valence-electron chi connectivity index (χ4n) is 0.843. The van der Waals surface area contributed by atoms with Crippen molar-refractivity contribution in [3.63, 3.8) is 0 Å². The molecule has 0 unspecified atom stereocenters. The molecule has 0 saturated heterocycles. The summed E-state index contributed by atoms with van der Waals surface area (Å²) in [5, 5.41) is 8.68. The van der Waals surface area contributed by atoms with E-state index in [0.29, 0.717) is 0 Å². The first-order valence-electron chi connectivity index (χ1n) is 3.60. The van der Waals surface area contributed by atoms with Crippen LogP contribution in [-0.2, 0) is 0 Å². The van der Waals surface area contributed by atoms with E-state index in [2.05, 4.69) is 35.6 Å². The van der Waals surface area contributed by atoms with Gasteiger partial charge in [-0.05, 0) is 46.5 Å². The number of nitrogens with zero attached hydrogens (tertiary/aromatic N) is 1. The van der Waals surface area contributed by atoms with Gasteiger partial charge >= 0.3 is 0 Å². The first-order chi connectivity index (χ1) is 5.77. The molecule has 0 N–H and O–H groups in total. The van der Waals surface area contributed by atoms with Crippen molar-refractivity contribution in [3.05, 3.63) is 27.3 Å². The van der Waals surface area contributed by atoms with Crippen LogP contribution >= 0.6 is 34.4 Å². The van der Waals surface area contributed by atoms with Gasteiger partial charge in [0.05, 0.1) is 5.56 Å². The van der Waals surface area contributed by atoms with Gasteiger partial charge in [0, 0.05) is 8.47 Å². The van der Waals surface area contributed by atoms with E-state index >= 15 is 0 Å². The molecule has 0 atom stereocenters. The topological polar surface area (TPSA) is 23.8 Å². The third-order valence-corrected chi connectivity index (χ3v) is 3.14. The SMILES string of the molecule is CCSc1ccc(C#N)c(I)c1. The van der Waals surface area contributed by atoms with E-state index in [0.717, 1.165) is 14.9 Å². The summed E-state index contributed by atoms with van der Waals surface area (Å²) in [7, 11) is 0. The highest BCUT2D eigenvalue weighted by molar-refractivity contribution is 14.1. The first-order valence-corrected chi connectivity index (χ1v) is 5.66. The zero-order valence-corrected chi connectivity index (χ0v) is 9.65. The lowest BCUT2D eigenvalue weighted by atomic mass is 10.2. The summed E-state index contributed by atoms with van der Waals surface area (Å²) in [6, 6.07) is 8.07. The Hall–Kier alpha value is -0.210. The van der Waals surface area contributed by atoms with E-state index in [9.17, 15) is 0 Å². The van der Waals surface area contributed by atoms with Crippen molar-refractivity contribution in [1.82, 2.24) is 0 Å². The molecule has 0 radical (unpaired) electrons. The smallest absolute Gasteiger partial charge is 0.100 e. The van der Waals surface area contributed by atoms with Gasteiger partial charge in [0.2, 0.25) is 0 Å². The van der Waals surface area contributed by atoms with Gasteiger partial charge in [-0.1, -0.05) is 6.92 Å². The van der Waals surface area contributed by atoms with Gasteiger partial charge in [-0.25, -0.2) is 0 Å². The fourth-order valence-corrected chi connectivity index (χ4v) is 2.39. The molecule has 12 heavy (non-hydrogen) atoms. The predicted molar refractivity (Wildman–Crippen MR) is 60.3 cm³/mol. The third kappa shape index (κ3) is 2.39. The Bertz CT molecular complexity index is 317. The van der Waals surface area contributed by atoms with Crippen molar-refractivity contribution in [2.45, 2.75) is 11.8 Å². The quantitative estimate of drug-likeness (QED) is 0.616. The van der Waals surface area contributed by atoms with Gasteiger partial charge in [-0.2, -0.15) is 5.26 Å². The molecule has 3 heteroatoms. The zero-order valence-electron chi connectivity index (χ0n) is 6.67. The van der Waals surface area contributed by atoms with Gasteiger partial charge < -0.3 is 0 Å². The Kier molecular flexibility index (Phi) is 3.89. The highest BCUT2D eigenvalue weighted by atomic mass is 127. The molecule has 1 nitrogen and oxygen atoms in total. The zero-order chi connectivity index (χ0) is 8.97. The highest BCUT2D eigenvalue weighted by Gasteiger charge is 1.99. The van der Waals surface area contributed by atoms with Crippen LogP contribution in [0.15, 0.2) is 23.1 Å². The maximum absolute atomic E-state index is 8.68.